The van der Waals surface area contributed by atoms with E-state index in [9.17, 15) is 14.4 Å². The quantitative estimate of drug-likeness (QED) is 0.763. The molecule has 1 aromatic carbocycles. The molecule has 8 heteroatoms. The lowest BCUT2D eigenvalue weighted by Crippen LogP contribution is -2.42. The van der Waals surface area contributed by atoms with E-state index in [0.29, 0.717) is 31.6 Å². The Morgan fingerprint density at radius 3 is 2.61 bits per heavy atom. The van der Waals surface area contributed by atoms with E-state index in [4.69, 9.17) is 4.74 Å². The molecule has 3 aliphatic rings. The fourth-order valence-corrected chi connectivity index (χ4v) is 4.68. The van der Waals surface area contributed by atoms with Gasteiger partial charge in [0.05, 0.1) is 11.6 Å². The molecule has 1 aromatic heterocycles. The predicted octanol–water partition coefficient (Wildman–Crippen LogP) is 2.18. The second-order valence-corrected chi connectivity index (χ2v) is 8.54. The van der Waals surface area contributed by atoms with Crippen LogP contribution in [0, 0.1) is 0 Å². The average molecular weight is 422 g/mol. The Labute approximate surface area is 180 Å². The van der Waals surface area contributed by atoms with Crippen molar-refractivity contribution in [1.29, 1.82) is 0 Å². The van der Waals surface area contributed by atoms with E-state index < -0.39 is 5.92 Å². The summed E-state index contributed by atoms with van der Waals surface area (Å²) in [7, 11) is 1.85. The van der Waals surface area contributed by atoms with Gasteiger partial charge in [-0.25, -0.2) is 0 Å². The minimum Gasteiger partial charge on any atom is -0.488 e. The third kappa shape index (κ3) is 3.60. The Kier molecular flexibility index (Phi) is 5.00. The van der Waals surface area contributed by atoms with Gasteiger partial charge in [-0.1, -0.05) is 18.2 Å². The fourth-order valence-electron chi connectivity index (χ4n) is 4.68. The van der Waals surface area contributed by atoms with Crippen molar-refractivity contribution < 1.29 is 19.1 Å². The molecule has 5 rings (SSSR count). The van der Waals surface area contributed by atoms with Crippen molar-refractivity contribution >= 4 is 28.6 Å². The summed E-state index contributed by atoms with van der Waals surface area (Å²) in [4.78, 5) is 38.2. The number of allylic oxidation sites excluding steroid dienone is 1. The van der Waals surface area contributed by atoms with Crippen molar-refractivity contribution in [3.8, 4) is 5.75 Å². The van der Waals surface area contributed by atoms with Crippen molar-refractivity contribution in [3.05, 3.63) is 35.5 Å². The highest BCUT2D eigenvalue weighted by Crippen LogP contribution is 2.35. The zero-order chi connectivity index (χ0) is 21.5. The van der Waals surface area contributed by atoms with Crippen LogP contribution in [0.1, 0.15) is 50.1 Å². The predicted molar refractivity (Wildman–Crippen MR) is 113 cm³/mol. The molecule has 0 radical (unpaired) electrons. The maximum absolute atomic E-state index is 12.4. The largest absolute Gasteiger partial charge is 0.488 e. The van der Waals surface area contributed by atoms with Gasteiger partial charge in [0.25, 0.3) is 0 Å². The van der Waals surface area contributed by atoms with Gasteiger partial charge in [-0.3, -0.25) is 24.4 Å². The van der Waals surface area contributed by atoms with Gasteiger partial charge in [-0.2, -0.15) is 5.10 Å². The highest BCUT2D eigenvalue weighted by atomic mass is 16.5. The van der Waals surface area contributed by atoms with Crippen LogP contribution in [0.3, 0.4) is 0 Å². The monoisotopic (exact) mass is 422 g/mol. The number of benzene rings is 1. The first-order valence-corrected chi connectivity index (χ1v) is 11.0. The summed E-state index contributed by atoms with van der Waals surface area (Å²) in [5.74, 6) is -0.0540. The molecule has 1 N–H and O–H groups in total. The Bertz CT molecular complexity index is 1090. The molecule has 0 spiro atoms. The molecule has 162 valence electrons. The van der Waals surface area contributed by atoms with Gasteiger partial charge in [0.15, 0.2) is 0 Å². The van der Waals surface area contributed by atoms with Crippen LogP contribution in [0.25, 0.3) is 10.9 Å². The number of aryl methyl sites for hydroxylation is 1. The molecule has 31 heavy (non-hydrogen) atoms. The van der Waals surface area contributed by atoms with E-state index in [1.54, 1.807) is 4.68 Å². The second-order valence-electron chi connectivity index (χ2n) is 8.54. The number of nitrogens with one attached hydrogen (secondary N) is 1. The minimum absolute atomic E-state index is 0.0268. The molecular formula is C23H26N4O4. The molecule has 1 unspecified atom stereocenters. The fraction of sp³-hybridized carbons (Fsp3) is 0.478. The lowest BCUT2D eigenvalue weighted by molar-refractivity contribution is -0.134. The number of hydrogen-bond donors (Lipinski definition) is 1. The third-order valence-corrected chi connectivity index (χ3v) is 6.53. The van der Waals surface area contributed by atoms with Gasteiger partial charge in [0.1, 0.15) is 17.4 Å². The smallest absolute Gasteiger partial charge is 0.249 e. The molecule has 1 atom stereocenters. The molecule has 2 saturated heterocycles. The maximum atomic E-state index is 12.4. The molecule has 1 aliphatic carbocycles. The Morgan fingerprint density at radius 2 is 1.94 bits per heavy atom. The summed E-state index contributed by atoms with van der Waals surface area (Å²) in [6.45, 7) is 1.40. The number of carbonyl (C=O) groups excluding carboxylic acids is 3. The summed E-state index contributed by atoms with van der Waals surface area (Å²) >= 11 is 0. The second kappa shape index (κ2) is 7.83. The van der Waals surface area contributed by atoms with Gasteiger partial charge in [0, 0.05) is 50.4 Å². The minimum atomic E-state index is -0.438. The number of ether oxygens (including phenoxy) is 1. The van der Waals surface area contributed by atoms with Crippen LogP contribution in [0.4, 0.5) is 0 Å². The Balaban J connectivity index is 1.33. The van der Waals surface area contributed by atoms with E-state index in [0.717, 1.165) is 47.9 Å². The van der Waals surface area contributed by atoms with E-state index in [-0.39, 0.29) is 23.8 Å². The zero-order valence-electron chi connectivity index (χ0n) is 17.6. The Hall–Kier alpha value is -3.16. The lowest BCUT2D eigenvalue weighted by atomic mass is 9.93. The van der Waals surface area contributed by atoms with Crippen molar-refractivity contribution in [3.63, 3.8) is 0 Å². The standard InChI is InChI=1S/C23H26N4O4/c1-26-21-16(20(25-26)17-8-9-19(28)24-22(17)29)6-3-7-18(21)31-15-10-12-27(13-11-15)23(30)14-4-2-5-14/h3-4,6-7,15,17H,2,5,8-13H2,1H3,(H,24,28,29). The molecular weight excluding hydrogens is 396 g/mol. The molecule has 2 aromatic rings. The van der Waals surface area contributed by atoms with Crippen LogP contribution in [-0.4, -0.2) is 51.6 Å². The van der Waals surface area contributed by atoms with Gasteiger partial charge >= 0.3 is 0 Å². The number of hydrogen-bond acceptors (Lipinski definition) is 5. The SMILES string of the molecule is Cn1nc(C2CCC(=O)NC2=O)c2cccc(OC3CCN(C(=O)C4=CCC4)CC3)c21. The first kappa shape index (κ1) is 19.8. The lowest BCUT2D eigenvalue weighted by Gasteiger charge is -2.33. The van der Waals surface area contributed by atoms with Crippen molar-refractivity contribution in [2.24, 2.45) is 7.05 Å². The van der Waals surface area contributed by atoms with Crippen molar-refractivity contribution in [2.75, 3.05) is 13.1 Å². The number of nitrogens with zero attached hydrogens (tertiary/aromatic N) is 3. The molecule has 0 bridgehead atoms. The number of aromatic nitrogens is 2. The number of imide groups is 1. The molecule has 2 aliphatic heterocycles. The highest BCUT2D eigenvalue weighted by molar-refractivity contribution is 6.03. The van der Waals surface area contributed by atoms with Crippen LogP contribution in [0.2, 0.25) is 0 Å². The summed E-state index contributed by atoms with van der Waals surface area (Å²) in [6.07, 6.45) is 6.31. The topological polar surface area (TPSA) is 93.5 Å². The van der Waals surface area contributed by atoms with Gasteiger partial charge in [-0.15, -0.1) is 0 Å². The first-order chi connectivity index (χ1) is 15.0. The number of fused-ring (bicyclic) bond motifs is 1. The Morgan fingerprint density at radius 1 is 1.16 bits per heavy atom. The number of para-hydroxylation sites is 1. The van der Waals surface area contributed by atoms with E-state index in [2.05, 4.69) is 10.4 Å². The maximum Gasteiger partial charge on any atom is 0.249 e. The summed E-state index contributed by atoms with van der Waals surface area (Å²) in [5, 5.41) is 7.91. The summed E-state index contributed by atoms with van der Waals surface area (Å²) < 4.78 is 8.11. The number of amides is 3. The van der Waals surface area contributed by atoms with Crippen molar-refractivity contribution in [2.45, 2.75) is 50.5 Å². The van der Waals surface area contributed by atoms with Crippen LogP contribution in [0.5, 0.6) is 5.75 Å². The third-order valence-electron chi connectivity index (χ3n) is 6.53. The average Bonchev–Trinajstić information content (AvgIpc) is 3.05. The van der Waals surface area contributed by atoms with Gasteiger partial charge < -0.3 is 9.64 Å². The van der Waals surface area contributed by atoms with Gasteiger partial charge in [-0.05, 0) is 25.3 Å². The molecule has 2 fully saturated rings. The normalized spacial score (nSPS) is 22.2. The molecule has 3 amide bonds. The number of carbonyl (C=O) groups is 3. The highest BCUT2D eigenvalue weighted by Gasteiger charge is 2.33. The number of likely N-dealkylation sites (tertiary alicyclic amines) is 1. The molecule has 8 nitrogen and oxygen atoms in total. The molecule has 0 saturated carbocycles. The van der Waals surface area contributed by atoms with E-state index >= 15 is 0 Å². The van der Waals surface area contributed by atoms with E-state index in [1.165, 1.54) is 0 Å². The van der Waals surface area contributed by atoms with Crippen LogP contribution >= 0.6 is 0 Å². The van der Waals surface area contributed by atoms with Crippen LogP contribution < -0.4 is 10.1 Å². The van der Waals surface area contributed by atoms with Gasteiger partial charge in [0.2, 0.25) is 17.7 Å². The van der Waals surface area contributed by atoms with Crippen LogP contribution in [-0.2, 0) is 21.4 Å². The zero-order valence-corrected chi connectivity index (χ0v) is 17.6. The van der Waals surface area contributed by atoms with Crippen molar-refractivity contribution in [1.82, 2.24) is 20.0 Å². The molecule has 3 heterocycles. The van der Waals surface area contributed by atoms with E-state index in [1.807, 2.05) is 36.2 Å². The summed E-state index contributed by atoms with van der Waals surface area (Å²) in [6, 6.07) is 5.78. The van der Waals surface area contributed by atoms with Crippen LogP contribution in [0.15, 0.2) is 29.8 Å². The first-order valence-electron chi connectivity index (χ1n) is 11.0. The number of rotatable bonds is 4. The number of piperidine rings is 2. The summed E-state index contributed by atoms with van der Waals surface area (Å²) in [5.41, 5.74) is 2.47.